The van der Waals surface area contributed by atoms with Crippen molar-refractivity contribution in [2.75, 3.05) is 32.2 Å². The Kier molecular flexibility index (Phi) is 9.85. The van der Waals surface area contributed by atoms with Gasteiger partial charge in [0.25, 0.3) is 0 Å². The molecule has 0 spiro atoms. The Hall–Kier alpha value is -2.24. The van der Waals surface area contributed by atoms with Crippen molar-refractivity contribution < 1.29 is 14.3 Å². The highest BCUT2D eigenvalue weighted by Crippen LogP contribution is 2.31. The summed E-state index contributed by atoms with van der Waals surface area (Å²) in [5.74, 6) is 2.02. The second-order valence-corrected chi connectivity index (χ2v) is 8.41. The largest absolute Gasteiger partial charge is 0.496 e. The van der Waals surface area contributed by atoms with E-state index in [2.05, 4.69) is 24.0 Å². The molecule has 0 aliphatic carbocycles. The van der Waals surface area contributed by atoms with Gasteiger partial charge in [0.2, 0.25) is 5.91 Å². The van der Waals surface area contributed by atoms with Crippen molar-refractivity contribution in [3.63, 3.8) is 0 Å². The topological polar surface area (TPSA) is 42.0 Å². The van der Waals surface area contributed by atoms with Crippen LogP contribution in [-0.2, 0) is 11.2 Å². The van der Waals surface area contributed by atoms with Crippen LogP contribution in [0.2, 0.25) is 0 Å². The van der Waals surface area contributed by atoms with Gasteiger partial charge in [-0.1, -0.05) is 25.1 Å². The number of nitrogens with zero attached hydrogens (tertiary/aromatic N) is 2. The predicted octanol–water partition coefficient (Wildman–Crippen LogP) is 5.27. The minimum atomic E-state index is 0. The van der Waals surface area contributed by atoms with E-state index in [1.165, 1.54) is 5.56 Å². The molecule has 2 aromatic rings. The summed E-state index contributed by atoms with van der Waals surface area (Å²) >= 11 is 0. The van der Waals surface area contributed by atoms with E-state index < -0.39 is 0 Å². The van der Waals surface area contributed by atoms with Crippen LogP contribution in [0.25, 0.3) is 0 Å². The molecular formula is C26H37ClN2O3. The van der Waals surface area contributed by atoms with E-state index in [4.69, 9.17) is 9.47 Å². The van der Waals surface area contributed by atoms with Crippen LogP contribution in [0.15, 0.2) is 42.5 Å². The number of amides is 1. The van der Waals surface area contributed by atoms with Crippen LogP contribution in [0.5, 0.6) is 11.5 Å². The molecule has 1 heterocycles. The highest BCUT2D eigenvalue weighted by Gasteiger charge is 2.30. The monoisotopic (exact) mass is 460 g/mol. The molecule has 1 aliphatic heterocycles. The molecule has 0 N–H and O–H groups in total. The highest BCUT2D eigenvalue weighted by molar-refractivity contribution is 5.93. The Bertz CT molecular complexity index is 867. The molecule has 5 nitrogen and oxygen atoms in total. The van der Waals surface area contributed by atoms with E-state index in [-0.39, 0.29) is 24.4 Å². The van der Waals surface area contributed by atoms with Gasteiger partial charge in [0.15, 0.2) is 0 Å². The zero-order chi connectivity index (χ0) is 22.4. The van der Waals surface area contributed by atoms with Crippen molar-refractivity contribution >= 4 is 24.0 Å². The average molecular weight is 461 g/mol. The number of halogens is 1. The van der Waals surface area contributed by atoms with Crippen LogP contribution in [0.3, 0.4) is 0 Å². The lowest BCUT2D eigenvalue weighted by atomic mass is 9.97. The van der Waals surface area contributed by atoms with Crippen molar-refractivity contribution in [2.24, 2.45) is 0 Å². The van der Waals surface area contributed by atoms with Crippen molar-refractivity contribution in [1.82, 2.24) is 4.90 Å². The summed E-state index contributed by atoms with van der Waals surface area (Å²) in [6.07, 6.45) is 3.40. The number of hydrogen-bond donors (Lipinski definition) is 0. The summed E-state index contributed by atoms with van der Waals surface area (Å²) in [6.45, 7) is 8.22. The first-order valence-electron chi connectivity index (χ1n) is 11.3. The summed E-state index contributed by atoms with van der Waals surface area (Å²) in [5.41, 5.74) is 3.27. The number of piperidine rings is 1. The maximum atomic E-state index is 12.7. The zero-order valence-electron chi connectivity index (χ0n) is 20.0. The molecule has 6 heteroatoms. The smallest absolute Gasteiger partial charge is 0.226 e. The number of para-hydroxylation sites is 1. The van der Waals surface area contributed by atoms with Crippen LogP contribution in [0.1, 0.15) is 44.2 Å². The predicted molar refractivity (Wildman–Crippen MR) is 134 cm³/mol. The molecular weight excluding hydrogens is 424 g/mol. The maximum Gasteiger partial charge on any atom is 0.226 e. The summed E-state index contributed by atoms with van der Waals surface area (Å²) in [4.78, 5) is 17.3. The number of benzene rings is 2. The quantitative estimate of drug-likeness (QED) is 0.538. The van der Waals surface area contributed by atoms with Crippen LogP contribution in [0, 0.1) is 6.92 Å². The minimum Gasteiger partial charge on any atom is -0.496 e. The van der Waals surface area contributed by atoms with Gasteiger partial charge in [0, 0.05) is 37.3 Å². The standard InChI is InChI=1S/C26H36N2O3.ClH/c1-6-26(29)28(22-10-8-7-9-11-22)23-12-14-27(15-13-23)20(3)17-21-18-24(30-4)19(2)16-25(21)31-5;/h7-11,16,18,20,23H,6,12-15,17H2,1-5H3;1H. The number of carbonyl (C=O) groups excluding carboxylic acids is 1. The van der Waals surface area contributed by atoms with Crippen molar-refractivity contribution in [1.29, 1.82) is 0 Å². The second kappa shape index (κ2) is 12.1. The Morgan fingerprint density at radius 3 is 2.28 bits per heavy atom. The van der Waals surface area contributed by atoms with E-state index in [9.17, 15) is 4.79 Å². The Balaban J connectivity index is 0.00000363. The van der Waals surface area contributed by atoms with Crippen LogP contribution < -0.4 is 14.4 Å². The summed E-state index contributed by atoms with van der Waals surface area (Å²) in [5, 5.41) is 0. The van der Waals surface area contributed by atoms with Crippen molar-refractivity contribution in [3.8, 4) is 11.5 Å². The summed E-state index contributed by atoms with van der Waals surface area (Å²) in [7, 11) is 3.44. The Morgan fingerprint density at radius 1 is 1.09 bits per heavy atom. The van der Waals surface area contributed by atoms with Gasteiger partial charge in [-0.2, -0.15) is 0 Å². The number of anilines is 1. The number of carbonyl (C=O) groups is 1. The maximum absolute atomic E-state index is 12.7. The molecule has 1 fully saturated rings. The molecule has 176 valence electrons. The fourth-order valence-electron chi connectivity index (χ4n) is 4.62. The van der Waals surface area contributed by atoms with E-state index in [0.29, 0.717) is 12.5 Å². The first-order chi connectivity index (χ1) is 15.0. The number of rotatable bonds is 8. The normalized spacial score (nSPS) is 15.5. The number of hydrogen-bond acceptors (Lipinski definition) is 4. The van der Waals surface area contributed by atoms with E-state index in [0.717, 1.165) is 55.1 Å². The molecule has 0 saturated carbocycles. The average Bonchev–Trinajstić information content (AvgIpc) is 2.81. The third-order valence-corrected chi connectivity index (χ3v) is 6.41. The number of likely N-dealkylation sites (tertiary alicyclic amines) is 1. The summed E-state index contributed by atoms with van der Waals surface area (Å²) < 4.78 is 11.2. The van der Waals surface area contributed by atoms with E-state index >= 15 is 0 Å². The number of methoxy groups -OCH3 is 2. The fraction of sp³-hybridized carbons (Fsp3) is 0.500. The summed E-state index contributed by atoms with van der Waals surface area (Å²) in [6, 6.07) is 14.9. The lowest BCUT2D eigenvalue weighted by molar-refractivity contribution is -0.119. The first kappa shape index (κ1) is 26.0. The SMILES string of the molecule is CCC(=O)N(c1ccccc1)C1CCN(C(C)Cc2cc(OC)c(C)cc2OC)CC1.Cl. The molecule has 1 unspecified atom stereocenters. The molecule has 1 amide bonds. The lowest BCUT2D eigenvalue weighted by Crippen LogP contribution is -2.49. The van der Waals surface area contributed by atoms with E-state index in [1.54, 1.807) is 14.2 Å². The van der Waals surface area contributed by atoms with E-state index in [1.807, 2.05) is 49.1 Å². The second-order valence-electron chi connectivity index (χ2n) is 8.41. The van der Waals surface area contributed by atoms with Crippen LogP contribution >= 0.6 is 12.4 Å². The molecule has 0 bridgehead atoms. The molecule has 1 atom stereocenters. The van der Waals surface area contributed by atoms with Gasteiger partial charge >= 0.3 is 0 Å². The minimum absolute atomic E-state index is 0. The fourth-order valence-corrected chi connectivity index (χ4v) is 4.62. The lowest BCUT2D eigenvalue weighted by Gasteiger charge is -2.41. The van der Waals surface area contributed by atoms with Crippen molar-refractivity contribution in [2.45, 2.75) is 58.5 Å². The zero-order valence-corrected chi connectivity index (χ0v) is 20.8. The molecule has 0 aromatic heterocycles. The number of ether oxygens (including phenoxy) is 2. The van der Waals surface area contributed by atoms with Gasteiger partial charge in [-0.25, -0.2) is 0 Å². The number of aryl methyl sites for hydroxylation is 1. The van der Waals surface area contributed by atoms with Gasteiger partial charge in [-0.15, -0.1) is 12.4 Å². The van der Waals surface area contributed by atoms with Gasteiger partial charge < -0.3 is 19.3 Å². The van der Waals surface area contributed by atoms with Gasteiger partial charge in [-0.05, 0) is 68.5 Å². The van der Waals surface area contributed by atoms with Crippen LogP contribution in [0.4, 0.5) is 5.69 Å². The van der Waals surface area contributed by atoms with Crippen molar-refractivity contribution in [3.05, 3.63) is 53.6 Å². The van der Waals surface area contributed by atoms with Gasteiger partial charge in [0.05, 0.1) is 14.2 Å². The first-order valence-corrected chi connectivity index (χ1v) is 11.3. The van der Waals surface area contributed by atoms with Gasteiger partial charge in [-0.3, -0.25) is 4.79 Å². The molecule has 1 aliphatic rings. The molecule has 32 heavy (non-hydrogen) atoms. The highest BCUT2D eigenvalue weighted by atomic mass is 35.5. The third kappa shape index (κ3) is 5.96. The van der Waals surface area contributed by atoms with Crippen LogP contribution in [-0.4, -0.2) is 50.2 Å². The third-order valence-electron chi connectivity index (χ3n) is 6.41. The molecule has 3 rings (SSSR count). The Morgan fingerprint density at radius 2 is 1.72 bits per heavy atom. The molecule has 1 saturated heterocycles. The molecule has 0 radical (unpaired) electrons. The molecule has 2 aromatic carbocycles. The van der Waals surface area contributed by atoms with Gasteiger partial charge in [0.1, 0.15) is 11.5 Å². The Labute approximate surface area is 199 Å².